The number of aromatic amines is 1. The highest BCUT2D eigenvalue weighted by Gasteiger charge is 2.16. The van der Waals surface area contributed by atoms with Crippen molar-refractivity contribution in [2.75, 3.05) is 0 Å². The van der Waals surface area contributed by atoms with E-state index in [4.69, 9.17) is 10.00 Å². The van der Waals surface area contributed by atoms with Crippen molar-refractivity contribution in [1.29, 1.82) is 5.26 Å². The highest BCUT2D eigenvalue weighted by atomic mass is 19.1. The van der Waals surface area contributed by atoms with Crippen LogP contribution in [0.3, 0.4) is 0 Å². The number of hydrogen-bond donors (Lipinski definition) is 2. The van der Waals surface area contributed by atoms with Crippen LogP contribution in [-0.2, 0) is 0 Å². The van der Waals surface area contributed by atoms with E-state index in [1.807, 2.05) is 6.07 Å². The smallest absolute Gasteiger partial charge is 0.213 e. The second kappa shape index (κ2) is 7.92. The topological polar surface area (TPSA) is 94.8 Å². The van der Waals surface area contributed by atoms with Gasteiger partial charge in [-0.25, -0.2) is 4.98 Å². The van der Waals surface area contributed by atoms with Gasteiger partial charge in [-0.05, 0) is 48.0 Å². The number of aliphatic hydroxyl groups excluding tert-OH is 1. The van der Waals surface area contributed by atoms with E-state index in [1.54, 1.807) is 54.7 Å². The number of benzene rings is 2. The van der Waals surface area contributed by atoms with Crippen molar-refractivity contribution in [2.24, 2.45) is 0 Å². The largest absolute Gasteiger partial charge is 0.453 e. The normalized spacial score (nSPS) is 11.6. The van der Waals surface area contributed by atoms with E-state index < -0.39 is 12.1 Å². The average Bonchev–Trinajstić information content (AvgIpc) is 3.22. The molecule has 0 saturated heterocycles. The molecule has 0 aliphatic heterocycles. The Bertz CT molecular complexity index is 1180. The zero-order valence-corrected chi connectivity index (χ0v) is 15.1. The maximum Gasteiger partial charge on any atom is 0.213 e. The molecule has 0 aliphatic carbocycles. The van der Waals surface area contributed by atoms with Crippen molar-refractivity contribution in [1.82, 2.24) is 15.2 Å². The van der Waals surface area contributed by atoms with Gasteiger partial charge in [0.1, 0.15) is 17.5 Å². The van der Waals surface area contributed by atoms with E-state index in [9.17, 15) is 9.50 Å². The maximum atomic E-state index is 13.4. The number of aliphatic hydroxyl groups is 1. The van der Waals surface area contributed by atoms with Crippen molar-refractivity contribution in [3.63, 3.8) is 0 Å². The van der Waals surface area contributed by atoms with Crippen LogP contribution in [0, 0.1) is 17.3 Å². The van der Waals surface area contributed by atoms with Crippen molar-refractivity contribution in [2.45, 2.75) is 6.10 Å². The first kappa shape index (κ1) is 18.3. The number of hydrogen-bond acceptors (Lipinski definition) is 5. The number of aromatic nitrogens is 3. The van der Waals surface area contributed by atoms with E-state index in [2.05, 4.69) is 21.3 Å². The van der Waals surface area contributed by atoms with E-state index in [-0.39, 0.29) is 5.69 Å². The van der Waals surface area contributed by atoms with Crippen LogP contribution in [-0.4, -0.2) is 20.3 Å². The molecule has 0 fully saturated rings. The molecule has 0 aliphatic rings. The van der Waals surface area contributed by atoms with E-state index >= 15 is 0 Å². The first-order valence-electron chi connectivity index (χ1n) is 8.76. The lowest BCUT2D eigenvalue weighted by atomic mass is 10.0. The molecule has 2 N–H and O–H groups in total. The number of ether oxygens (including phenoxy) is 1. The molecule has 0 saturated carbocycles. The Balaban J connectivity index is 1.62. The first-order valence-corrected chi connectivity index (χ1v) is 8.76. The highest BCUT2D eigenvalue weighted by molar-refractivity contribution is 5.67. The van der Waals surface area contributed by atoms with E-state index in [0.717, 1.165) is 0 Å². The SMILES string of the molecule is N#Cc1ccc(Oc2c[nH]nc2-c2cccc(C(O)c3cccc(F)n3)c2)cc1. The van der Waals surface area contributed by atoms with Crippen LogP contribution in [0.15, 0.2) is 72.9 Å². The monoisotopic (exact) mass is 386 g/mol. The lowest BCUT2D eigenvalue weighted by Crippen LogP contribution is -2.03. The van der Waals surface area contributed by atoms with Crippen LogP contribution in [0.1, 0.15) is 22.9 Å². The van der Waals surface area contributed by atoms with Gasteiger partial charge in [0.05, 0.1) is 23.5 Å². The molecule has 142 valence electrons. The van der Waals surface area contributed by atoms with Gasteiger partial charge in [0.15, 0.2) is 5.75 Å². The molecule has 1 unspecified atom stereocenters. The summed E-state index contributed by atoms with van der Waals surface area (Å²) in [6.07, 6.45) is 0.539. The minimum atomic E-state index is -1.08. The van der Waals surface area contributed by atoms with Gasteiger partial charge in [0.25, 0.3) is 0 Å². The van der Waals surface area contributed by atoms with Gasteiger partial charge >= 0.3 is 0 Å². The van der Waals surface area contributed by atoms with Gasteiger partial charge in [-0.2, -0.15) is 14.8 Å². The second-order valence-electron chi connectivity index (χ2n) is 6.25. The number of halogens is 1. The van der Waals surface area contributed by atoms with Crippen molar-refractivity contribution in [3.8, 4) is 28.8 Å². The molecule has 0 spiro atoms. The highest BCUT2D eigenvalue weighted by Crippen LogP contribution is 2.33. The van der Waals surface area contributed by atoms with Crippen LogP contribution in [0.2, 0.25) is 0 Å². The number of H-pyrrole nitrogens is 1. The van der Waals surface area contributed by atoms with Crippen LogP contribution in [0.5, 0.6) is 11.5 Å². The molecule has 4 aromatic rings. The molecule has 2 heterocycles. The quantitative estimate of drug-likeness (QED) is 0.497. The summed E-state index contributed by atoms with van der Waals surface area (Å²) in [5, 5.41) is 26.5. The summed E-state index contributed by atoms with van der Waals surface area (Å²) in [5.41, 5.74) is 2.57. The lowest BCUT2D eigenvalue weighted by molar-refractivity contribution is 0.214. The second-order valence-corrected chi connectivity index (χ2v) is 6.25. The molecule has 0 amide bonds. The number of nitrogens with zero attached hydrogens (tertiary/aromatic N) is 3. The summed E-state index contributed by atoms with van der Waals surface area (Å²) in [7, 11) is 0. The molecule has 2 aromatic carbocycles. The molecular formula is C22H15FN4O2. The van der Waals surface area contributed by atoms with Crippen molar-refractivity contribution in [3.05, 3.63) is 95.7 Å². The molecule has 1 atom stereocenters. The van der Waals surface area contributed by atoms with Crippen LogP contribution >= 0.6 is 0 Å². The first-order chi connectivity index (χ1) is 14.1. The minimum Gasteiger partial charge on any atom is -0.453 e. The van der Waals surface area contributed by atoms with Crippen molar-refractivity contribution >= 4 is 0 Å². The molecule has 29 heavy (non-hydrogen) atoms. The third-order valence-electron chi connectivity index (χ3n) is 4.31. The Kier molecular flexibility index (Phi) is 5.01. The minimum absolute atomic E-state index is 0.221. The molecule has 2 aromatic heterocycles. The molecular weight excluding hydrogens is 371 g/mol. The zero-order valence-electron chi connectivity index (χ0n) is 15.1. The third-order valence-corrected chi connectivity index (χ3v) is 4.31. The van der Waals surface area contributed by atoms with Gasteiger partial charge in [-0.15, -0.1) is 0 Å². The fraction of sp³-hybridized carbons (Fsp3) is 0.0455. The molecule has 0 bridgehead atoms. The fourth-order valence-corrected chi connectivity index (χ4v) is 2.89. The lowest BCUT2D eigenvalue weighted by Gasteiger charge is -2.12. The Morgan fingerprint density at radius 2 is 1.86 bits per heavy atom. The Hall–Kier alpha value is -4.02. The zero-order chi connectivity index (χ0) is 20.2. The summed E-state index contributed by atoms with van der Waals surface area (Å²) in [6, 6.07) is 20.2. The van der Waals surface area contributed by atoms with E-state index in [1.165, 1.54) is 12.1 Å². The van der Waals surface area contributed by atoms with Gasteiger partial charge in [0.2, 0.25) is 5.95 Å². The summed E-state index contributed by atoms with van der Waals surface area (Å²) < 4.78 is 19.3. The number of nitriles is 1. The van der Waals surface area contributed by atoms with E-state index in [0.29, 0.717) is 33.9 Å². The van der Waals surface area contributed by atoms with Crippen LogP contribution < -0.4 is 4.74 Å². The fourth-order valence-electron chi connectivity index (χ4n) is 2.89. The standard InChI is InChI=1S/C22H15FN4O2/c23-20-6-2-5-18(26-20)22(28)16-4-1-3-15(11-16)21-19(13-25-27-21)29-17-9-7-14(12-24)8-10-17/h1-11,13,22,28H,(H,25,27). The Morgan fingerprint density at radius 3 is 2.62 bits per heavy atom. The van der Waals surface area contributed by atoms with Crippen molar-refractivity contribution < 1.29 is 14.2 Å². The maximum absolute atomic E-state index is 13.4. The number of nitrogens with one attached hydrogen (secondary N) is 1. The predicted octanol–water partition coefficient (Wildman–Crippen LogP) is 4.36. The van der Waals surface area contributed by atoms with Gasteiger partial charge < -0.3 is 9.84 Å². The third kappa shape index (κ3) is 3.98. The molecule has 0 radical (unpaired) electrons. The molecule has 6 nitrogen and oxygen atoms in total. The Morgan fingerprint density at radius 1 is 1.07 bits per heavy atom. The summed E-state index contributed by atoms with van der Waals surface area (Å²) in [4.78, 5) is 3.74. The van der Waals surface area contributed by atoms with Gasteiger partial charge in [-0.1, -0.05) is 24.3 Å². The van der Waals surface area contributed by atoms with Gasteiger partial charge in [-0.3, -0.25) is 5.10 Å². The average molecular weight is 386 g/mol. The Labute approximate surface area is 165 Å². The number of rotatable bonds is 5. The molecule has 7 heteroatoms. The predicted molar refractivity (Wildman–Crippen MR) is 104 cm³/mol. The molecule has 4 rings (SSSR count). The number of pyridine rings is 1. The van der Waals surface area contributed by atoms with Crippen LogP contribution in [0.4, 0.5) is 4.39 Å². The summed E-state index contributed by atoms with van der Waals surface area (Å²) in [6.45, 7) is 0. The van der Waals surface area contributed by atoms with Gasteiger partial charge in [0, 0.05) is 5.56 Å². The van der Waals surface area contributed by atoms with Crippen LogP contribution in [0.25, 0.3) is 11.3 Å². The summed E-state index contributed by atoms with van der Waals surface area (Å²) >= 11 is 0. The summed E-state index contributed by atoms with van der Waals surface area (Å²) in [5.74, 6) is 0.403.